The number of ether oxygens (including phenoxy) is 1. The summed E-state index contributed by atoms with van der Waals surface area (Å²) in [4.78, 5) is 2.23. The van der Waals surface area contributed by atoms with Gasteiger partial charge in [-0.1, -0.05) is 23.7 Å². The van der Waals surface area contributed by atoms with Crippen LogP contribution in [0.25, 0.3) is 0 Å². The van der Waals surface area contributed by atoms with Crippen LogP contribution >= 0.6 is 11.6 Å². The second-order valence-electron chi connectivity index (χ2n) is 4.47. The van der Waals surface area contributed by atoms with Gasteiger partial charge in [-0.15, -0.1) is 0 Å². The maximum absolute atomic E-state index is 13.9. The van der Waals surface area contributed by atoms with E-state index in [0.29, 0.717) is 25.3 Å². The minimum atomic E-state index is -0.311. The van der Waals surface area contributed by atoms with E-state index in [0.717, 1.165) is 13.1 Å². The average molecular weight is 273 g/mol. The molecule has 0 bridgehead atoms. The van der Waals surface area contributed by atoms with Crippen molar-refractivity contribution in [3.8, 4) is 0 Å². The van der Waals surface area contributed by atoms with E-state index in [2.05, 4.69) is 10.2 Å². The molecule has 1 heterocycles. The topological polar surface area (TPSA) is 24.5 Å². The summed E-state index contributed by atoms with van der Waals surface area (Å²) >= 11 is 5.80. The minimum Gasteiger partial charge on any atom is -0.378 e. The van der Waals surface area contributed by atoms with Crippen molar-refractivity contribution in [2.75, 3.05) is 33.4 Å². The molecule has 0 amide bonds. The van der Waals surface area contributed by atoms with Gasteiger partial charge < -0.3 is 10.1 Å². The van der Waals surface area contributed by atoms with Crippen LogP contribution in [-0.2, 0) is 11.3 Å². The molecule has 1 fully saturated rings. The van der Waals surface area contributed by atoms with Gasteiger partial charge in [0.2, 0.25) is 0 Å². The number of hydrogen-bond acceptors (Lipinski definition) is 3. The zero-order valence-corrected chi connectivity index (χ0v) is 11.2. The van der Waals surface area contributed by atoms with Crippen LogP contribution in [0, 0.1) is 5.82 Å². The van der Waals surface area contributed by atoms with E-state index >= 15 is 0 Å². The molecule has 5 heteroatoms. The quantitative estimate of drug-likeness (QED) is 0.906. The first-order valence-corrected chi connectivity index (χ1v) is 6.49. The third kappa shape index (κ3) is 3.20. The Morgan fingerprint density at radius 1 is 1.56 bits per heavy atom. The Kier molecular flexibility index (Phi) is 4.95. The molecule has 1 N–H and O–H groups in total. The molecule has 1 aromatic carbocycles. The van der Waals surface area contributed by atoms with Gasteiger partial charge in [-0.3, -0.25) is 4.90 Å². The minimum absolute atomic E-state index is 0.186. The standard InChI is InChI=1S/C13H18ClFN2O/c1-16-7-11-9-18-6-5-17(11)8-10-3-2-4-12(14)13(10)15/h2-4,11,16H,5-9H2,1H3. The molecule has 18 heavy (non-hydrogen) atoms. The van der Waals surface area contributed by atoms with Crippen LogP contribution < -0.4 is 5.32 Å². The first kappa shape index (κ1) is 13.7. The molecular formula is C13H18ClFN2O. The van der Waals surface area contributed by atoms with Crippen LogP contribution in [0.3, 0.4) is 0 Å². The molecule has 1 saturated heterocycles. The van der Waals surface area contributed by atoms with Gasteiger partial charge in [0.15, 0.2) is 0 Å². The molecule has 1 atom stereocenters. The molecule has 100 valence electrons. The Hall–Kier alpha value is -0.680. The Morgan fingerprint density at radius 3 is 3.17 bits per heavy atom. The lowest BCUT2D eigenvalue weighted by Gasteiger charge is -2.35. The van der Waals surface area contributed by atoms with Gasteiger partial charge in [-0.2, -0.15) is 0 Å². The van der Waals surface area contributed by atoms with E-state index in [1.807, 2.05) is 7.05 Å². The van der Waals surface area contributed by atoms with E-state index in [4.69, 9.17) is 16.3 Å². The van der Waals surface area contributed by atoms with Gasteiger partial charge in [0, 0.05) is 31.2 Å². The highest BCUT2D eigenvalue weighted by atomic mass is 35.5. The molecule has 2 rings (SSSR count). The zero-order chi connectivity index (χ0) is 13.0. The van der Waals surface area contributed by atoms with Crippen LogP contribution in [0.5, 0.6) is 0 Å². The predicted molar refractivity (Wildman–Crippen MR) is 70.4 cm³/mol. The molecule has 1 unspecified atom stereocenters. The van der Waals surface area contributed by atoms with E-state index in [1.54, 1.807) is 18.2 Å². The molecule has 0 aromatic heterocycles. The Bertz CT molecular complexity index is 401. The monoisotopic (exact) mass is 272 g/mol. The highest BCUT2D eigenvalue weighted by Gasteiger charge is 2.23. The smallest absolute Gasteiger partial charge is 0.146 e. The molecule has 1 aliphatic rings. The van der Waals surface area contributed by atoms with Crippen molar-refractivity contribution >= 4 is 11.6 Å². The number of rotatable bonds is 4. The highest BCUT2D eigenvalue weighted by molar-refractivity contribution is 6.30. The van der Waals surface area contributed by atoms with Crippen LogP contribution in [-0.4, -0.2) is 44.3 Å². The van der Waals surface area contributed by atoms with Gasteiger partial charge in [0.25, 0.3) is 0 Å². The fraction of sp³-hybridized carbons (Fsp3) is 0.538. The predicted octanol–water partition coefficient (Wildman–Crippen LogP) is 1.90. The molecule has 0 saturated carbocycles. The maximum atomic E-state index is 13.9. The van der Waals surface area contributed by atoms with Crippen molar-refractivity contribution in [2.24, 2.45) is 0 Å². The normalized spacial score (nSPS) is 21.2. The largest absolute Gasteiger partial charge is 0.378 e. The van der Waals surface area contributed by atoms with E-state index < -0.39 is 0 Å². The van der Waals surface area contributed by atoms with Crippen LogP contribution in [0.4, 0.5) is 4.39 Å². The molecule has 0 spiro atoms. The van der Waals surface area contributed by atoms with Gasteiger partial charge in [-0.25, -0.2) is 4.39 Å². The lowest BCUT2D eigenvalue weighted by atomic mass is 10.1. The Labute approximate surface area is 112 Å². The summed E-state index contributed by atoms with van der Waals surface area (Å²) < 4.78 is 19.3. The van der Waals surface area contributed by atoms with Crippen molar-refractivity contribution < 1.29 is 9.13 Å². The third-order valence-corrected chi connectivity index (χ3v) is 3.49. The zero-order valence-electron chi connectivity index (χ0n) is 10.5. The average Bonchev–Trinajstić information content (AvgIpc) is 2.37. The summed E-state index contributed by atoms with van der Waals surface area (Å²) in [5, 5.41) is 3.32. The molecule has 1 aliphatic heterocycles. The van der Waals surface area contributed by atoms with Crippen molar-refractivity contribution in [2.45, 2.75) is 12.6 Å². The number of morpholine rings is 1. The Balaban J connectivity index is 2.08. The fourth-order valence-corrected chi connectivity index (χ4v) is 2.40. The summed E-state index contributed by atoms with van der Waals surface area (Å²) in [7, 11) is 1.91. The van der Waals surface area contributed by atoms with Crippen LogP contribution in [0.2, 0.25) is 5.02 Å². The van der Waals surface area contributed by atoms with Crippen LogP contribution in [0.1, 0.15) is 5.56 Å². The third-order valence-electron chi connectivity index (χ3n) is 3.19. The van der Waals surface area contributed by atoms with E-state index in [1.165, 1.54) is 0 Å². The summed E-state index contributed by atoms with van der Waals surface area (Å²) in [6, 6.07) is 5.42. The number of benzene rings is 1. The second-order valence-corrected chi connectivity index (χ2v) is 4.88. The molecular weight excluding hydrogens is 255 g/mol. The first-order chi connectivity index (χ1) is 8.72. The van der Waals surface area contributed by atoms with Crippen molar-refractivity contribution in [1.29, 1.82) is 0 Å². The van der Waals surface area contributed by atoms with Crippen molar-refractivity contribution in [1.82, 2.24) is 10.2 Å². The summed E-state index contributed by atoms with van der Waals surface area (Å²) in [6.45, 7) is 3.61. The van der Waals surface area contributed by atoms with Gasteiger partial charge in [0.05, 0.1) is 18.2 Å². The first-order valence-electron chi connectivity index (χ1n) is 6.11. The van der Waals surface area contributed by atoms with E-state index in [9.17, 15) is 4.39 Å². The van der Waals surface area contributed by atoms with Crippen LogP contribution in [0.15, 0.2) is 18.2 Å². The fourth-order valence-electron chi connectivity index (χ4n) is 2.21. The van der Waals surface area contributed by atoms with Gasteiger partial charge in [-0.05, 0) is 13.1 Å². The summed E-state index contributed by atoms with van der Waals surface area (Å²) in [5.41, 5.74) is 0.644. The van der Waals surface area contributed by atoms with Crippen molar-refractivity contribution in [3.05, 3.63) is 34.6 Å². The SMILES string of the molecule is CNCC1COCCN1Cc1cccc(Cl)c1F. The molecule has 3 nitrogen and oxygen atoms in total. The number of halogens is 2. The summed E-state index contributed by atoms with van der Waals surface area (Å²) in [5.74, 6) is -0.311. The number of hydrogen-bond donors (Lipinski definition) is 1. The highest BCUT2D eigenvalue weighted by Crippen LogP contribution is 2.20. The van der Waals surface area contributed by atoms with E-state index in [-0.39, 0.29) is 16.9 Å². The summed E-state index contributed by atoms with van der Waals surface area (Å²) in [6.07, 6.45) is 0. The van der Waals surface area contributed by atoms with Gasteiger partial charge in [0.1, 0.15) is 5.82 Å². The van der Waals surface area contributed by atoms with Crippen molar-refractivity contribution in [3.63, 3.8) is 0 Å². The molecule has 0 aliphatic carbocycles. The maximum Gasteiger partial charge on any atom is 0.146 e. The molecule has 0 radical (unpaired) electrons. The molecule has 1 aromatic rings. The van der Waals surface area contributed by atoms with Gasteiger partial charge >= 0.3 is 0 Å². The number of nitrogens with zero attached hydrogens (tertiary/aromatic N) is 1. The second kappa shape index (κ2) is 6.48. The number of likely N-dealkylation sites (N-methyl/N-ethyl adjacent to an activating group) is 1. The lowest BCUT2D eigenvalue weighted by molar-refractivity contribution is -0.0107. The Morgan fingerprint density at radius 2 is 2.39 bits per heavy atom. The number of nitrogens with one attached hydrogen (secondary N) is 1. The lowest BCUT2D eigenvalue weighted by Crippen LogP contribution is -2.49.